The van der Waals surface area contributed by atoms with E-state index in [1.807, 2.05) is 20.8 Å². The molecule has 4 heteroatoms. The number of alkyl halides is 2. The average molecular weight is 202 g/mol. The normalized spacial score (nSPS) is 12.5. The lowest BCUT2D eigenvalue weighted by molar-refractivity contribution is -0.00767. The van der Waals surface area contributed by atoms with Gasteiger partial charge < -0.3 is 5.73 Å². The second kappa shape index (κ2) is 4.97. The molecule has 0 aromatic rings. The molecule has 1 nitrogen and oxygen atoms in total. The minimum atomic E-state index is -2.67. The number of rotatable bonds is 3. The molecule has 0 aromatic carbocycles. The van der Waals surface area contributed by atoms with Crippen molar-refractivity contribution in [2.75, 3.05) is 6.54 Å². The van der Waals surface area contributed by atoms with Gasteiger partial charge in [0.15, 0.2) is 0 Å². The van der Waals surface area contributed by atoms with Crippen LogP contribution in [0, 0.1) is 5.41 Å². The summed E-state index contributed by atoms with van der Waals surface area (Å²) >= 11 is 0. The first kappa shape index (κ1) is 14.6. The molecule has 2 N–H and O–H groups in total. The van der Waals surface area contributed by atoms with Crippen molar-refractivity contribution in [2.24, 2.45) is 11.1 Å². The minimum absolute atomic E-state index is 0. The molecule has 0 atom stereocenters. The van der Waals surface area contributed by atoms with Crippen LogP contribution in [0.5, 0.6) is 0 Å². The first-order valence-corrected chi connectivity index (χ1v) is 3.85. The van der Waals surface area contributed by atoms with Crippen molar-refractivity contribution in [3.8, 4) is 0 Å². The van der Waals surface area contributed by atoms with E-state index in [0.717, 1.165) is 0 Å². The number of nitrogens with two attached hydrogens (primary N) is 1. The van der Waals surface area contributed by atoms with Gasteiger partial charge in [-0.1, -0.05) is 20.8 Å². The zero-order valence-electron chi connectivity index (χ0n) is 7.86. The van der Waals surface area contributed by atoms with Crippen molar-refractivity contribution < 1.29 is 8.78 Å². The highest BCUT2D eigenvalue weighted by molar-refractivity contribution is 5.85. The molecule has 0 radical (unpaired) electrons. The predicted molar refractivity (Wildman–Crippen MR) is 49.9 cm³/mol. The largest absolute Gasteiger partial charge is 0.325 e. The van der Waals surface area contributed by atoms with Crippen LogP contribution < -0.4 is 5.73 Å². The Balaban J connectivity index is 0. The Hall–Kier alpha value is 0.110. The van der Waals surface area contributed by atoms with Crippen LogP contribution in [0.4, 0.5) is 8.78 Å². The zero-order chi connectivity index (χ0) is 9.12. The molecule has 0 aliphatic carbocycles. The highest BCUT2D eigenvalue weighted by Crippen LogP contribution is 2.27. The molecule has 0 fully saturated rings. The van der Waals surface area contributed by atoms with Crippen molar-refractivity contribution in [3.63, 3.8) is 0 Å². The minimum Gasteiger partial charge on any atom is -0.325 e. The van der Waals surface area contributed by atoms with Gasteiger partial charge in [-0.15, -0.1) is 12.4 Å². The van der Waals surface area contributed by atoms with Crippen LogP contribution in [-0.2, 0) is 0 Å². The number of hydrogen-bond acceptors (Lipinski definition) is 1. The first-order valence-electron chi connectivity index (χ1n) is 3.85. The topological polar surface area (TPSA) is 26.0 Å². The van der Waals surface area contributed by atoms with E-state index in [1.54, 1.807) is 0 Å². The van der Waals surface area contributed by atoms with Crippen molar-refractivity contribution in [1.82, 2.24) is 0 Å². The van der Waals surface area contributed by atoms with E-state index in [0.29, 0.717) is 6.42 Å². The molecule has 0 heterocycles. The fourth-order valence-electron chi connectivity index (χ4n) is 0.660. The Morgan fingerprint density at radius 2 is 1.50 bits per heavy atom. The van der Waals surface area contributed by atoms with Crippen LogP contribution in [0.3, 0.4) is 0 Å². The molecule has 0 aliphatic heterocycles. The van der Waals surface area contributed by atoms with Gasteiger partial charge >= 0.3 is 0 Å². The Morgan fingerprint density at radius 3 is 1.75 bits per heavy atom. The molecule has 76 valence electrons. The molecule has 0 spiro atoms. The van der Waals surface area contributed by atoms with E-state index in [1.165, 1.54) is 0 Å². The summed E-state index contributed by atoms with van der Waals surface area (Å²) in [6.45, 7) is 5.29. The van der Waals surface area contributed by atoms with Crippen LogP contribution in [0.1, 0.15) is 33.6 Å². The summed E-state index contributed by atoms with van der Waals surface area (Å²) in [5.41, 5.74) is 4.86. The van der Waals surface area contributed by atoms with Crippen molar-refractivity contribution in [1.29, 1.82) is 0 Å². The number of halogens is 3. The van der Waals surface area contributed by atoms with E-state index in [4.69, 9.17) is 5.73 Å². The van der Waals surface area contributed by atoms with Crippen molar-refractivity contribution in [2.45, 2.75) is 39.5 Å². The Bertz CT molecular complexity index is 121. The van der Waals surface area contributed by atoms with Gasteiger partial charge in [-0.25, -0.2) is 8.78 Å². The van der Waals surface area contributed by atoms with Gasteiger partial charge in [-0.05, 0) is 11.8 Å². The third kappa shape index (κ3) is 8.21. The quantitative estimate of drug-likeness (QED) is 0.747. The monoisotopic (exact) mass is 201 g/mol. The van der Waals surface area contributed by atoms with E-state index in [2.05, 4.69) is 0 Å². The second-order valence-corrected chi connectivity index (χ2v) is 4.12. The highest BCUT2D eigenvalue weighted by Gasteiger charge is 2.28. The summed E-state index contributed by atoms with van der Waals surface area (Å²) in [6, 6.07) is 0. The van der Waals surface area contributed by atoms with Crippen molar-refractivity contribution in [3.05, 3.63) is 0 Å². The molecular formula is C8H18ClF2N. The van der Waals surface area contributed by atoms with E-state index < -0.39 is 12.5 Å². The summed E-state index contributed by atoms with van der Waals surface area (Å²) in [7, 11) is 0. The summed E-state index contributed by atoms with van der Waals surface area (Å²) in [5.74, 6) is -2.67. The van der Waals surface area contributed by atoms with Crippen LogP contribution in [0.15, 0.2) is 0 Å². The Labute approximate surface area is 79.1 Å². The standard InChI is InChI=1S/C8H17F2N.ClH/c1-7(2,3)4-5-8(9,10)6-11;/h4-6,11H2,1-3H3;1H. The Kier molecular flexibility index (Phi) is 6.06. The van der Waals surface area contributed by atoms with E-state index in [9.17, 15) is 8.78 Å². The molecule has 0 saturated heterocycles. The zero-order valence-corrected chi connectivity index (χ0v) is 8.68. The third-order valence-corrected chi connectivity index (χ3v) is 1.54. The smallest absolute Gasteiger partial charge is 0.260 e. The van der Waals surface area contributed by atoms with E-state index >= 15 is 0 Å². The van der Waals surface area contributed by atoms with Crippen LogP contribution >= 0.6 is 12.4 Å². The van der Waals surface area contributed by atoms with Crippen LogP contribution in [0.25, 0.3) is 0 Å². The van der Waals surface area contributed by atoms with Gasteiger partial charge in [-0.3, -0.25) is 0 Å². The van der Waals surface area contributed by atoms with E-state index in [-0.39, 0.29) is 24.2 Å². The Morgan fingerprint density at radius 1 is 1.08 bits per heavy atom. The summed E-state index contributed by atoms with van der Waals surface area (Å²) in [4.78, 5) is 0. The fourth-order valence-corrected chi connectivity index (χ4v) is 0.660. The summed E-state index contributed by atoms with van der Waals surface area (Å²) < 4.78 is 25.1. The van der Waals surface area contributed by atoms with Crippen molar-refractivity contribution >= 4 is 12.4 Å². The highest BCUT2D eigenvalue weighted by atomic mass is 35.5. The van der Waals surface area contributed by atoms with Gasteiger partial charge in [0.05, 0.1) is 6.54 Å². The maximum absolute atomic E-state index is 12.6. The molecule has 0 bridgehead atoms. The van der Waals surface area contributed by atoms with Crippen LogP contribution in [-0.4, -0.2) is 12.5 Å². The molecule has 0 aromatic heterocycles. The summed E-state index contributed by atoms with van der Waals surface area (Å²) in [5, 5.41) is 0. The summed E-state index contributed by atoms with van der Waals surface area (Å²) in [6.07, 6.45) is 0.407. The maximum Gasteiger partial charge on any atom is 0.260 e. The van der Waals surface area contributed by atoms with Gasteiger partial charge in [0, 0.05) is 6.42 Å². The second-order valence-electron chi connectivity index (χ2n) is 4.12. The van der Waals surface area contributed by atoms with Gasteiger partial charge in [0.2, 0.25) is 0 Å². The molecule has 0 aliphatic rings. The fraction of sp³-hybridized carbons (Fsp3) is 1.00. The lowest BCUT2D eigenvalue weighted by Crippen LogP contribution is -2.29. The lowest BCUT2D eigenvalue weighted by Gasteiger charge is -2.21. The first-order chi connectivity index (χ1) is 4.77. The molecule has 0 amide bonds. The van der Waals surface area contributed by atoms with Gasteiger partial charge in [0.1, 0.15) is 0 Å². The van der Waals surface area contributed by atoms with Gasteiger partial charge in [0.25, 0.3) is 5.92 Å². The number of hydrogen-bond donors (Lipinski definition) is 1. The van der Waals surface area contributed by atoms with Gasteiger partial charge in [-0.2, -0.15) is 0 Å². The average Bonchev–Trinajstić information content (AvgIpc) is 1.83. The molecule has 12 heavy (non-hydrogen) atoms. The van der Waals surface area contributed by atoms with Crippen LogP contribution in [0.2, 0.25) is 0 Å². The predicted octanol–water partition coefficient (Wildman–Crippen LogP) is 2.83. The molecule has 0 saturated carbocycles. The SMILES string of the molecule is CC(C)(C)CCC(F)(F)CN.Cl. The molecule has 0 unspecified atom stereocenters. The maximum atomic E-state index is 12.6. The third-order valence-electron chi connectivity index (χ3n) is 1.54. The molecule has 0 rings (SSSR count). The lowest BCUT2D eigenvalue weighted by atomic mass is 9.89. The molecular weight excluding hydrogens is 184 g/mol.